The summed E-state index contributed by atoms with van der Waals surface area (Å²) in [4.78, 5) is 10.2. The van der Waals surface area contributed by atoms with E-state index >= 15 is 0 Å². The standard InChI is InChI=1S/C13H11ClN2O3/c14-10-3-1-9(2-4-10)8-19-13-7-11(16(17)18)5-6-12(13)15/h1-7H,8,15H2. The van der Waals surface area contributed by atoms with Crippen LogP contribution in [-0.4, -0.2) is 4.92 Å². The predicted molar refractivity (Wildman–Crippen MR) is 73.3 cm³/mol. The van der Waals surface area contributed by atoms with Gasteiger partial charge < -0.3 is 10.5 Å². The highest BCUT2D eigenvalue weighted by molar-refractivity contribution is 6.30. The molecule has 0 aliphatic rings. The first-order chi connectivity index (χ1) is 9.06. The molecule has 0 amide bonds. The van der Waals surface area contributed by atoms with Crippen molar-refractivity contribution in [1.82, 2.24) is 0 Å². The molecule has 2 aromatic carbocycles. The molecule has 2 aromatic rings. The van der Waals surface area contributed by atoms with E-state index < -0.39 is 4.92 Å². The van der Waals surface area contributed by atoms with Crippen molar-refractivity contribution in [2.75, 3.05) is 5.73 Å². The average Bonchev–Trinajstić information content (AvgIpc) is 2.39. The van der Waals surface area contributed by atoms with E-state index in [1.807, 2.05) is 12.1 Å². The van der Waals surface area contributed by atoms with E-state index in [0.29, 0.717) is 16.5 Å². The van der Waals surface area contributed by atoms with Crippen molar-refractivity contribution in [2.24, 2.45) is 0 Å². The van der Waals surface area contributed by atoms with E-state index in [4.69, 9.17) is 22.1 Å². The van der Waals surface area contributed by atoms with Gasteiger partial charge in [0.05, 0.1) is 16.7 Å². The van der Waals surface area contributed by atoms with Gasteiger partial charge in [-0.1, -0.05) is 23.7 Å². The van der Waals surface area contributed by atoms with E-state index in [0.717, 1.165) is 5.56 Å². The monoisotopic (exact) mass is 278 g/mol. The summed E-state index contributed by atoms with van der Waals surface area (Å²) in [6, 6.07) is 11.2. The van der Waals surface area contributed by atoms with E-state index in [-0.39, 0.29) is 12.3 Å². The molecule has 0 radical (unpaired) electrons. The fourth-order valence-corrected chi connectivity index (χ4v) is 1.63. The highest BCUT2D eigenvalue weighted by atomic mass is 35.5. The molecule has 98 valence electrons. The Bertz CT molecular complexity index is 599. The number of ether oxygens (including phenoxy) is 1. The predicted octanol–water partition coefficient (Wildman–Crippen LogP) is 3.41. The van der Waals surface area contributed by atoms with Gasteiger partial charge >= 0.3 is 0 Å². The molecule has 0 heterocycles. The normalized spacial score (nSPS) is 10.2. The summed E-state index contributed by atoms with van der Waals surface area (Å²) in [5, 5.41) is 11.3. The molecule has 19 heavy (non-hydrogen) atoms. The van der Waals surface area contributed by atoms with Crippen LogP contribution in [0.3, 0.4) is 0 Å². The maximum Gasteiger partial charge on any atom is 0.273 e. The maximum atomic E-state index is 10.7. The topological polar surface area (TPSA) is 78.4 Å². The molecular formula is C13H11ClN2O3. The highest BCUT2D eigenvalue weighted by Crippen LogP contribution is 2.27. The van der Waals surface area contributed by atoms with Gasteiger partial charge in [0.1, 0.15) is 12.4 Å². The van der Waals surface area contributed by atoms with Crippen molar-refractivity contribution in [2.45, 2.75) is 6.61 Å². The van der Waals surface area contributed by atoms with Crippen LogP contribution in [0.5, 0.6) is 5.75 Å². The Morgan fingerprint density at radius 2 is 1.89 bits per heavy atom. The Kier molecular flexibility index (Phi) is 3.87. The van der Waals surface area contributed by atoms with Crippen molar-refractivity contribution < 1.29 is 9.66 Å². The molecule has 0 fully saturated rings. The minimum Gasteiger partial charge on any atom is -0.486 e. The fraction of sp³-hybridized carbons (Fsp3) is 0.0769. The highest BCUT2D eigenvalue weighted by Gasteiger charge is 2.10. The van der Waals surface area contributed by atoms with Gasteiger partial charge in [-0.15, -0.1) is 0 Å². The minimum absolute atomic E-state index is 0.0553. The van der Waals surface area contributed by atoms with Crippen LogP contribution in [0.4, 0.5) is 11.4 Å². The molecule has 0 aromatic heterocycles. The molecule has 6 heteroatoms. The van der Waals surface area contributed by atoms with Gasteiger partial charge in [0, 0.05) is 11.1 Å². The average molecular weight is 279 g/mol. The first-order valence-corrected chi connectivity index (χ1v) is 5.85. The lowest BCUT2D eigenvalue weighted by Crippen LogP contribution is -1.99. The lowest BCUT2D eigenvalue weighted by Gasteiger charge is -2.08. The summed E-state index contributed by atoms with van der Waals surface area (Å²) in [6.07, 6.45) is 0. The smallest absolute Gasteiger partial charge is 0.273 e. The summed E-state index contributed by atoms with van der Waals surface area (Å²) < 4.78 is 5.48. The molecule has 0 saturated heterocycles. The number of nitrogens with zero attached hydrogens (tertiary/aromatic N) is 1. The van der Waals surface area contributed by atoms with Gasteiger partial charge in [-0.3, -0.25) is 10.1 Å². The van der Waals surface area contributed by atoms with Gasteiger partial charge in [-0.25, -0.2) is 0 Å². The number of anilines is 1. The molecule has 0 spiro atoms. The third kappa shape index (κ3) is 3.35. The summed E-state index contributed by atoms with van der Waals surface area (Å²) in [6.45, 7) is 0.266. The maximum absolute atomic E-state index is 10.7. The van der Waals surface area contributed by atoms with Crippen LogP contribution in [0, 0.1) is 10.1 Å². The van der Waals surface area contributed by atoms with E-state index in [9.17, 15) is 10.1 Å². The van der Waals surface area contributed by atoms with Crippen LogP contribution in [-0.2, 0) is 6.61 Å². The number of halogens is 1. The molecule has 0 bridgehead atoms. The Balaban J connectivity index is 2.12. The Morgan fingerprint density at radius 3 is 2.53 bits per heavy atom. The molecule has 2 rings (SSSR count). The van der Waals surface area contributed by atoms with Crippen molar-refractivity contribution in [3.05, 3.63) is 63.2 Å². The number of nitro benzene ring substituents is 1. The first-order valence-electron chi connectivity index (χ1n) is 5.47. The van der Waals surface area contributed by atoms with Crippen molar-refractivity contribution in [3.8, 4) is 5.75 Å². The summed E-state index contributed by atoms with van der Waals surface area (Å²) in [7, 11) is 0. The summed E-state index contributed by atoms with van der Waals surface area (Å²) in [5.74, 6) is 0.296. The van der Waals surface area contributed by atoms with Gasteiger partial charge in [0.2, 0.25) is 0 Å². The van der Waals surface area contributed by atoms with Gasteiger partial charge in [-0.05, 0) is 23.8 Å². The third-order valence-electron chi connectivity index (χ3n) is 2.52. The molecule has 0 saturated carbocycles. The zero-order chi connectivity index (χ0) is 13.8. The van der Waals surface area contributed by atoms with Crippen LogP contribution in [0.1, 0.15) is 5.56 Å². The molecule has 0 atom stereocenters. The van der Waals surface area contributed by atoms with Gasteiger partial charge in [0.15, 0.2) is 0 Å². The second-order valence-corrected chi connectivity index (χ2v) is 4.33. The molecule has 2 N–H and O–H groups in total. The van der Waals surface area contributed by atoms with Gasteiger partial charge in [-0.2, -0.15) is 0 Å². The number of rotatable bonds is 4. The molecule has 0 unspecified atom stereocenters. The number of non-ortho nitro benzene ring substituents is 1. The number of nitrogen functional groups attached to an aromatic ring is 1. The number of hydrogen-bond donors (Lipinski definition) is 1. The van der Waals surface area contributed by atoms with Crippen LogP contribution in [0.25, 0.3) is 0 Å². The Labute approximate surface area is 114 Å². The second-order valence-electron chi connectivity index (χ2n) is 3.89. The van der Waals surface area contributed by atoms with Crippen molar-refractivity contribution >= 4 is 23.0 Å². The second kappa shape index (κ2) is 5.58. The van der Waals surface area contributed by atoms with Gasteiger partial charge in [0.25, 0.3) is 5.69 Å². The SMILES string of the molecule is Nc1ccc([N+](=O)[O-])cc1OCc1ccc(Cl)cc1. The van der Waals surface area contributed by atoms with Crippen molar-refractivity contribution in [3.63, 3.8) is 0 Å². The summed E-state index contributed by atoms with van der Waals surface area (Å²) >= 11 is 5.77. The number of hydrogen-bond acceptors (Lipinski definition) is 4. The number of nitrogens with two attached hydrogens (primary N) is 1. The van der Waals surface area contributed by atoms with E-state index in [1.165, 1.54) is 18.2 Å². The Hall–Kier alpha value is -2.27. The third-order valence-corrected chi connectivity index (χ3v) is 2.77. The molecular weight excluding hydrogens is 268 g/mol. The Morgan fingerprint density at radius 1 is 1.21 bits per heavy atom. The van der Waals surface area contributed by atoms with E-state index in [2.05, 4.69) is 0 Å². The zero-order valence-electron chi connectivity index (χ0n) is 9.88. The minimum atomic E-state index is -0.491. The van der Waals surface area contributed by atoms with E-state index in [1.54, 1.807) is 12.1 Å². The first kappa shape index (κ1) is 13.2. The lowest BCUT2D eigenvalue weighted by atomic mass is 10.2. The van der Waals surface area contributed by atoms with Crippen LogP contribution in [0.15, 0.2) is 42.5 Å². The fourth-order valence-electron chi connectivity index (χ4n) is 1.50. The van der Waals surface area contributed by atoms with Crippen molar-refractivity contribution in [1.29, 1.82) is 0 Å². The number of benzene rings is 2. The van der Waals surface area contributed by atoms with Crippen LogP contribution < -0.4 is 10.5 Å². The molecule has 0 aliphatic carbocycles. The summed E-state index contributed by atoms with van der Waals surface area (Å²) in [5.41, 5.74) is 6.91. The number of nitro groups is 1. The van der Waals surface area contributed by atoms with Crippen LogP contribution >= 0.6 is 11.6 Å². The largest absolute Gasteiger partial charge is 0.486 e. The molecule has 5 nitrogen and oxygen atoms in total. The molecule has 0 aliphatic heterocycles. The zero-order valence-corrected chi connectivity index (χ0v) is 10.6. The lowest BCUT2D eigenvalue weighted by molar-refractivity contribution is -0.384. The van der Waals surface area contributed by atoms with Crippen LogP contribution in [0.2, 0.25) is 5.02 Å². The quantitative estimate of drug-likeness (QED) is 0.528.